The van der Waals surface area contributed by atoms with Crippen LogP contribution in [-0.2, 0) is 6.54 Å². The molecule has 0 amide bonds. The van der Waals surface area contributed by atoms with Crippen molar-refractivity contribution in [2.24, 2.45) is 0 Å². The molecule has 92 valence electrons. The molecular weight excluding hydrogens is 216 g/mol. The van der Waals surface area contributed by atoms with E-state index in [1.54, 1.807) is 0 Å². The van der Waals surface area contributed by atoms with Crippen molar-refractivity contribution >= 4 is 11.8 Å². The summed E-state index contributed by atoms with van der Waals surface area (Å²) in [5.41, 5.74) is 1.42. The summed E-state index contributed by atoms with van der Waals surface area (Å²) in [6.45, 7) is 8.77. The highest BCUT2D eigenvalue weighted by Crippen LogP contribution is 2.17. The number of rotatable bonds is 8. The molecule has 1 aromatic heterocycles. The number of nitrogens with zero attached hydrogens (tertiary/aromatic N) is 1. The molecule has 0 aliphatic rings. The smallest absolute Gasteiger partial charge is 0.0332 e. The molecule has 0 fully saturated rings. The van der Waals surface area contributed by atoms with Crippen LogP contribution in [0.25, 0.3) is 0 Å². The maximum atomic E-state index is 3.51. The molecule has 2 nitrogen and oxygen atoms in total. The molecule has 0 spiro atoms. The van der Waals surface area contributed by atoms with Crippen molar-refractivity contribution in [2.45, 2.75) is 39.8 Å². The molecule has 0 aliphatic heterocycles. The summed E-state index contributed by atoms with van der Waals surface area (Å²) in [4.78, 5) is 0. The molecule has 1 aromatic rings. The van der Waals surface area contributed by atoms with E-state index in [9.17, 15) is 0 Å². The molecule has 3 heteroatoms. The Morgan fingerprint density at radius 1 is 1.38 bits per heavy atom. The minimum Gasteiger partial charge on any atom is -0.353 e. The molecule has 0 aromatic carbocycles. The van der Waals surface area contributed by atoms with Gasteiger partial charge in [0, 0.05) is 30.7 Å². The fourth-order valence-corrected chi connectivity index (χ4v) is 2.49. The van der Waals surface area contributed by atoms with Crippen molar-refractivity contribution in [2.75, 3.05) is 18.1 Å². The normalized spacial score (nSPS) is 12.9. The first-order chi connectivity index (χ1) is 7.81. The van der Waals surface area contributed by atoms with Crippen LogP contribution in [0.5, 0.6) is 0 Å². The zero-order valence-electron chi connectivity index (χ0n) is 10.7. The van der Waals surface area contributed by atoms with Crippen LogP contribution in [0.3, 0.4) is 0 Å². The van der Waals surface area contributed by atoms with Gasteiger partial charge in [-0.2, -0.15) is 11.8 Å². The van der Waals surface area contributed by atoms with Crippen molar-refractivity contribution in [3.05, 3.63) is 24.0 Å². The molecule has 0 bridgehead atoms. The lowest BCUT2D eigenvalue weighted by Crippen LogP contribution is -2.19. The lowest BCUT2D eigenvalue weighted by atomic mass is 10.1. The molecule has 1 heterocycles. The molecule has 1 atom stereocenters. The zero-order chi connectivity index (χ0) is 11.8. The fraction of sp³-hybridized carbons (Fsp3) is 0.692. The zero-order valence-corrected chi connectivity index (χ0v) is 11.5. The fourth-order valence-electron chi connectivity index (χ4n) is 1.86. The Morgan fingerprint density at radius 2 is 2.19 bits per heavy atom. The van der Waals surface area contributed by atoms with Crippen molar-refractivity contribution in [3.8, 4) is 0 Å². The molecule has 16 heavy (non-hydrogen) atoms. The maximum absolute atomic E-state index is 3.51. The van der Waals surface area contributed by atoms with Gasteiger partial charge in [0.05, 0.1) is 0 Å². The van der Waals surface area contributed by atoms with Gasteiger partial charge in [-0.05, 0) is 30.3 Å². The van der Waals surface area contributed by atoms with E-state index in [-0.39, 0.29) is 0 Å². The van der Waals surface area contributed by atoms with Crippen LogP contribution in [0.15, 0.2) is 18.5 Å². The monoisotopic (exact) mass is 240 g/mol. The second kappa shape index (κ2) is 7.80. The van der Waals surface area contributed by atoms with E-state index in [1.807, 2.05) is 11.8 Å². The number of hydrogen-bond donors (Lipinski definition) is 1. The van der Waals surface area contributed by atoms with Gasteiger partial charge in [-0.1, -0.05) is 20.8 Å². The highest BCUT2D eigenvalue weighted by Gasteiger charge is 2.08. The van der Waals surface area contributed by atoms with Crippen molar-refractivity contribution < 1.29 is 0 Å². The summed E-state index contributed by atoms with van der Waals surface area (Å²) in [6.07, 6.45) is 5.64. The SMILES string of the molecule is CCNC(CC)c1ccn(CCSCC)c1. The lowest BCUT2D eigenvalue weighted by molar-refractivity contribution is 0.536. The molecule has 0 saturated heterocycles. The Balaban J connectivity index is 2.48. The number of thioether (sulfide) groups is 1. The highest BCUT2D eigenvalue weighted by atomic mass is 32.2. The third-order valence-corrected chi connectivity index (χ3v) is 3.61. The summed E-state index contributed by atoms with van der Waals surface area (Å²) in [5.74, 6) is 2.42. The Labute approximate surface area is 104 Å². The minimum atomic E-state index is 0.519. The van der Waals surface area contributed by atoms with E-state index < -0.39 is 0 Å². The first kappa shape index (κ1) is 13.7. The number of aromatic nitrogens is 1. The Bertz CT molecular complexity index is 283. The average Bonchev–Trinajstić information content (AvgIpc) is 2.75. The van der Waals surface area contributed by atoms with Gasteiger partial charge in [0.25, 0.3) is 0 Å². The molecule has 0 saturated carbocycles. The van der Waals surface area contributed by atoms with E-state index >= 15 is 0 Å². The Morgan fingerprint density at radius 3 is 2.81 bits per heavy atom. The summed E-state index contributed by atoms with van der Waals surface area (Å²) < 4.78 is 2.30. The van der Waals surface area contributed by atoms with Crippen LogP contribution in [0.2, 0.25) is 0 Å². The summed E-state index contributed by atoms with van der Waals surface area (Å²) in [7, 11) is 0. The second-order valence-electron chi connectivity index (χ2n) is 3.90. The molecule has 1 rings (SSSR count). The van der Waals surface area contributed by atoms with E-state index in [4.69, 9.17) is 0 Å². The first-order valence-corrected chi connectivity index (χ1v) is 7.44. The third-order valence-electron chi connectivity index (χ3n) is 2.73. The number of hydrogen-bond acceptors (Lipinski definition) is 2. The van der Waals surface area contributed by atoms with E-state index in [0.29, 0.717) is 6.04 Å². The largest absolute Gasteiger partial charge is 0.353 e. The van der Waals surface area contributed by atoms with Gasteiger partial charge >= 0.3 is 0 Å². The van der Waals surface area contributed by atoms with Gasteiger partial charge in [0.2, 0.25) is 0 Å². The van der Waals surface area contributed by atoms with E-state index in [1.165, 1.54) is 17.1 Å². The van der Waals surface area contributed by atoms with Crippen LogP contribution in [0.4, 0.5) is 0 Å². The number of nitrogens with one attached hydrogen (secondary N) is 1. The van der Waals surface area contributed by atoms with Crippen LogP contribution in [0, 0.1) is 0 Å². The van der Waals surface area contributed by atoms with Gasteiger partial charge in [0.15, 0.2) is 0 Å². The van der Waals surface area contributed by atoms with Crippen molar-refractivity contribution in [3.63, 3.8) is 0 Å². The minimum absolute atomic E-state index is 0.519. The van der Waals surface area contributed by atoms with Gasteiger partial charge in [-0.3, -0.25) is 0 Å². The van der Waals surface area contributed by atoms with Crippen LogP contribution < -0.4 is 5.32 Å². The van der Waals surface area contributed by atoms with E-state index in [0.717, 1.165) is 19.5 Å². The molecule has 0 aliphatic carbocycles. The van der Waals surface area contributed by atoms with Gasteiger partial charge in [0.1, 0.15) is 0 Å². The maximum Gasteiger partial charge on any atom is 0.0332 e. The second-order valence-corrected chi connectivity index (χ2v) is 5.29. The quantitative estimate of drug-likeness (QED) is 0.702. The standard InChI is InChI=1S/C13H24N2S/c1-4-13(14-5-2)12-7-8-15(11-12)9-10-16-6-3/h7-8,11,13-14H,4-6,9-10H2,1-3H3. The Kier molecular flexibility index (Phi) is 6.65. The lowest BCUT2D eigenvalue weighted by Gasteiger charge is -2.13. The summed E-state index contributed by atoms with van der Waals surface area (Å²) >= 11 is 2.00. The summed E-state index contributed by atoms with van der Waals surface area (Å²) in [5, 5.41) is 3.51. The summed E-state index contributed by atoms with van der Waals surface area (Å²) in [6, 6.07) is 2.76. The Hall–Kier alpha value is -0.410. The molecule has 0 radical (unpaired) electrons. The van der Waals surface area contributed by atoms with Gasteiger partial charge in [-0.15, -0.1) is 0 Å². The number of aryl methyl sites for hydroxylation is 1. The molecule has 1 N–H and O–H groups in total. The predicted molar refractivity (Wildman–Crippen MR) is 74.1 cm³/mol. The van der Waals surface area contributed by atoms with Gasteiger partial charge < -0.3 is 9.88 Å². The van der Waals surface area contributed by atoms with Crippen LogP contribution in [-0.4, -0.2) is 22.6 Å². The van der Waals surface area contributed by atoms with Crippen LogP contribution in [0.1, 0.15) is 38.8 Å². The van der Waals surface area contributed by atoms with Crippen molar-refractivity contribution in [1.29, 1.82) is 0 Å². The molecule has 1 unspecified atom stereocenters. The van der Waals surface area contributed by atoms with Crippen molar-refractivity contribution in [1.82, 2.24) is 9.88 Å². The third kappa shape index (κ3) is 4.22. The van der Waals surface area contributed by atoms with E-state index in [2.05, 4.69) is 49.1 Å². The molecular formula is C13H24N2S. The van der Waals surface area contributed by atoms with Gasteiger partial charge in [-0.25, -0.2) is 0 Å². The highest BCUT2D eigenvalue weighted by molar-refractivity contribution is 7.99. The topological polar surface area (TPSA) is 17.0 Å². The predicted octanol–water partition coefficient (Wildman–Crippen LogP) is 3.30. The first-order valence-electron chi connectivity index (χ1n) is 6.28. The average molecular weight is 240 g/mol. The van der Waals surface area contributed by atoms with Crippen LogP contribution >= 0.6 is 11.8 Å².